The minimum Gasteiger partial charge on any atom is -0.461 e. The van der Waals surface area contributed by atoms with Crippen molar-refractivity contribution < 1.29 is 18.5 Å². The molecule has 3 aliphatic rings. The van der Waals surface area contributed by atoms with Gasteiger partial charge in [0.1, 0.15) is 16.7 Å². The molecule has 0 saturated heterocycles. The van der Waals surface area contributed by atoms with E-state index in [4.69, 9.17) is 14.7 Å². The monoisotopic (exact) mass is 560 g/mol. The molecule has 1 aromatic heterocycles. The second-order valence-electron chi connectivity index (χ2n) is 11.3. The fraction of sp³-hybridized carbons (Fsp3) is 0.448. The van der Waals surface area contributed by atoms with Gasteiger partial charge >= 0.3 is 5.97 Å². The predicted molar refractivity (Wildman–Crippen MR) is 152 cm³/mol. The molecule has 5 rings (SSSR count). The molecule has 3 saturated carbocycles. The molecular weight excluding hydrogens is 528 g/mol. The standard InChI is InChI=1S/C29H32N6O4S/c1-7-38-25(36)22-21(13-32-40(37)27(4,5)6)24(34-26(33-22)35-29-14-28(15-29,16-29)17-31)39-23-18(2)11-20(9-8-10-30)12-19(23)3/h8-9,11-13H,7,14-16H2,1-6H3,(H,33,34,35)/b9-8+,32-13+. The molecule has 0 spiro atoms. The lowest BCUT2D eigenvalue weighted by molar-refractivity contribution is -0.0665. The van der Waals surface area contributed by atoms with Crippen molar-refractivity contribution >= 4 is 35.2 Å². The summed E-state index contributed by atoms with van der Waals surface area (Å²) in [5.74, 6) is 0.0250. The molecule has 2 bridgehead atoms. The summed E-state index contributed by atoms with van der Waals surface area (Å²) in [6, 6.07) is 8.10. The van der Waals surface area contributed by atoms with Gasteiger partial charge in [-0.1, -0.05) is 0 Å². The second-order valence-corrected chi connectivity index (χ2v) is 13.2. The average Bonchev–Trinajstić information content (AvgIpc) is 2.84. The summed E-state index contributed by atoms with van der Waals surface area (Å²) >= 11 is 0. The van der Waals surface area contributed by atoms with Gasteiger partial charge in [0.25, 0.3) is 0 Å². The third-order valence-corrected chi connectivity index (χ3v) is 8.20. The number of anilines is 1. The van der Waals surface area contributed by atoms with Crippen LogP contribution in [0.5, 0.6) is 11.6 Å². The minimum absolute atomic E-state index is 0.0447. The number of aromatic nitrogens is 2. The SMILES string of the molecule is CCOC(=O)c1nc(NC23CC(C#N)(C2)C3)nc(Oc2c(C)cc(/C=C/C#N)cc2C)c1/C=N/S(=O)C(C)(C)C. The first-order chi connectivity index (χ1) is 18.8. The van der Waals surface area contributed by atoms with Crippen LogP contribution in [0.2, 0.25) is 0 Å². The van der Waals surface area contributed by atoms with E-state index in [1.54, 1.807) is 33.8 Å². The third kappa shape index (κ3) is 5.75. The molecule has 208 valence electrons. The van der Waals surface area contributed by atoms with Crippen LogP contribution in [-0.4, -0.2) is 43.3 Å². The van der Waals surface area contributed by atoms with Gasteiger partial charge in [-0.25, -0.2) is 14.0 Å². The molecule has 3 fully saturated rings. The smallest absolute Gasteiger partial charge is 0.357 e. The van der Waals surface area contributed by atoms with E-state index in [0.717, 1.165) is 16.7 Å². The number of hydrogen-bond donors (Lipinski definition) is 1. The quantitative estimate of drug-likeness (QED) is 0.243. The first-order valence-corrected chi connectivity index (χ1v) is 14.0. The number of carbonyl (C=O) groups is 1. The molecule has 0 aliphatic heterocycles. The molecule has 1 unspecified atom stereocenters. The van der Waals surface area contributed by atoms with Crippen molar-refractivity contribution in [1.82, 2.24) is 9.97 Å². The van der Waals surface area contributed by atoms with Gasteiger partial charge in [0.2, 0.25) is 11.8 Å². The number of nitriles is 2. The molecular formula is C29H32N6O4S. The van der Waals surface area contributed by atoms with Gasteiger partial charge in [0.15, 0.2) is 5.69 Å². The highest BCUT2D eigenvalue weighted by Crippen LogP contribution is 2.67. The van der Waals surface area contributed by atoms with Crippen molar-refractivity contribution in [3.8, 4) is 23.8 Å². The van der Waals surface area contributed by atoms with E-state index in [2.05, 4.69) is 25.8 Å². The number of ether oxygens (including phenoxy) is 2. The molecule has 1 aromatic carbocycles. The number of carbonyl (C=O) groups excluding carboxylic acids is 1. The van der Waals surface area contributed by atoms with Crippen LogP contribution in [0, 0.1) is 41.9 Å². The predicted octanol–water partition coefficient (Wildman–Crippen LogP) is 5.34. The number of rotatable bonds is 9. The van der Waals surface area contributed by atoms with Gasteiger partial charge in [-0.3, -0.25) is 0 Å². The van der Waals surface area contributed by atoms with Crippen LogP contribution in [0.3, 0.4) is 0 Å². The lowest BCUT2D eigenvalue weighted by atomic mass is 9.40. The number of hydrogen-bond acceptors (Lipinski definition) is 9. The lowest BCUT2D eigenvalue weighted by Gasteiger charge is -2.66. The van der Waals surface area contributed by atoms with Crippen LogP contribution >= 0.6 is 0 Å². The maximum atomic E-state index is 13.1. The van der Waals surface area contributed by atoms with Crippen molar-refractivity contribution in [2.45, 2.75) is 71.1 Å². The highest BCUT2D eigenvalue weighted by molar-refractivity contribution is 7.85. The van der Waals surface area contributed by atoms with Crippen molar-refractivity contribution in [1.29, 1.82) is 10.5 Å². The highest BCUT2D eigenvalue weighted by Gasteiger charge is 2.69. The summed E-state index contributed by atoms with van der Waals surface area (Å²) in [4.78, 5) is 22.2. The van der Waals surface area contributed by atoms with Crippen molar-refractivity contribution in [2.24, 2.45) is 9.81 Å². The normalized spacial score (nSPS) is 22.1. The molecule has 0 amide bonds. The Labute approximate surface area is 236 Å². The van der Waals surface area contributed by atoms with Crippen LogP contribution < -0.4 is 10.1 Å². The molecule has 1 atom stereocenters. The third-order valence-electron chi connectivity index (χ3n) is 6.86. The summed E-state index contributed by atoms with van der Waals surface area (Å²) in [6.45, 7) is 10.9. The number of nitrogens with zero attached hydrogens (tertiary/aromatic N) is 5. The number of benzene rings is 1. The Kier molecular flexibility index (Phi) is 7.82. The van der Waals surface area contributed by atoms with Crippen molar-refractivity contribution in [2.75, 3.05) is 11.9 Å². The Hall–Kier alpha value is -4.09. The van der Waals surface area contributed by atoms with E-state index < -0.39 is 21.7 Å². The van der Waals surface area contributed by atoms with Gasteiger partial charge in [-0.2, -0.15) is 19.9 Å². The first-order valence-electron chi connectivity index (χ1n) is 12.9. The van der Waals surface area contributed by atoms with Crippen LogP contribution in [0.1, 0.15) is 79.7 Å². The minimum atomic E-state index is -1.62. The molecule has 3 aliphatic carbocycles. The van der Waals surface area contributed by atoms with Crippen LogP contribution in [0.25, 0.3) is 6.08 Å². The molecule has 1 N–H and O–H groups in total. The van der Waals surface area contributed by atoms with E-state index in [9.17, 15) is 14.3 Å². The molecule has 40 heavy (non-hydrogen) atoms. The fourth-order valence-electron chi connectivity index (χ4n) is 5.06. The van der Waals surface area contributed by atoms with Crippen LogP contribution in [0.4, 0.5) is 5.95 Å². The van der Waals surface area contributed by atoms with E-state index in [1.165, 1.54) is 12.3 Å². The Bertz CT molecular complexity index is 1480. The molecule has 10 nitrogen and oxygen atoms in total. The first kappa shape index (κ1) is 28.9. The topological polar surface area (TPSA) is 150 Å². The van der Waals surface area contributed by atoms with Crippen molar-refractivity contribution in [3.63, 3.8) is 0 Å². The summed E-state index contributed by atoms with van der Waals surface area (Å²) < 4.78 is 28.0. The van der Waals surface area contributed by atoms with Gasteiger partial charge in [0.05, 0.1) is 40.7 Å². The Morgan fingerprint density at radius 2 is 1.85 bits per heavy atom. The second kappa shape index (κ2) is 10.8. The largest absolute Gasteiger partial charge is 0.461 e. The van der Waals surface area contributed by atoms with E-state index in [1.807, 2.05) is 32.0 Å². The maximum absolute atomic E-state index is 13.1. The average molecular weight is 561 g/mol. The number of nitrogens with one attached hydrogen (secondary N) is 1. The highest BCUT2D eigenvalue weighted by atomic mass is 32.2. The number of aryl methyl sites for hydroxylation is 2. The molecule has 1 heterocycles. The summed E-state index contributed by atoms with van der Waals surface area (Å²) in [6.07, 6.45) is 6.42. The van der Waals surface area contributed by atoms with Crippen molar-refractivity contribution in [3.05, 3.63) is 46.2 Å². The van der Waals surface area contributed by atoms with E-state index >= 15 is 0 Å². The lowest BCUT2D eigenvalue weighted by Crippen LogP contribution is -2.70. The fourth-order valence-corrected chi connectivity index (χ4v) is 5.58. The maximum Gasteiger partial charge on any atom is 0.357 e. The summed E-state index contributed by atoms with van der Waals surface area (Å²) in [7, 11) is -1.62. The molecule has 11 heteroatoms. The van der Waals surface area contributed by atoms with Gasteiger partial charge in [-0.15, -0.1) is 0 Å². The van der Waals surface area contributed by atoms with E-state index in [0.29, 0.717) is 25.0 Å². The van der Waals surface area contributed by atoms with Crippen LogP contribution in [0.15, 0.2) is 22.6 Å². The van der Waals surface area contributed by atoms with Gasteiger partial charge < -0.3 is 14.8 Å². The Balaban J connectivity index is 1.82. The van der Waals surface area contributed by atoms with Gasteiger partial charge in [0, 0.05) is 11.6 Å². The zero-order valence-electron chi connectivity index (χ0n) is 23.5. The van der Waals surface area contributed by atoms with E-state index in [-0.39, 0.29) is 40.6 Å². The summed E-state index contributed by atoms with van der Waals surface area (Å²) in [5, 5.41) is 21.6. The molecule has 2 aromatic rings. The Morgan fingerprint density at radius 3 is 2.40 bits per heavy atom. The zero-order valence-corrected chi connectivity index (χ0v) is 24.3. The van der Waals surface area contributed by atoms with Gasteiger partial charge in [-0.05, 0) is 95.7 Å². The number of allylic oxidation sites excluding steroid dienone is 1. The Morgan fingerprint density at radius 1 is 1.20 bits per heavy atom. The number of esters is 1. The molecule has 0 radical (unpaired) electrons. The van der Waals surface area contributed by atoms with Crippen LogP contribution in [-0.2, 0) is 15.7 Å². The summed E-state index contributed by atoms with van der Waals surface area (Å²) in [5.41, 5.74) is 1.85. The zero-order chi connectivity index (χ0) is 29.3.